The molecule has 0 unspecified atom stereocenters. The van der Waals surface area contributed by atoms with Gasteiger partial charge in [-0.25, -0.2) is 0 Å². The van der Waals surface area contributed by atoms with Crippen LogP contribution in [0.15, 0.2) is 23.4 Å². The summed E-state index contributed by atoms with van der Waals surface area (Å²) in [4.78, 5) is 10.4. The van der Waals surface area contributed by atoms with Crippen LogP contribution in [0.4, 0.5) is 0 Å². The Labute approximate surface area is 101 Å². The van der Waals surface area contributed by atoms with Crippen LogP contribution in [0, 0.1) is 13.8 Å². The second-order valence-electron chi connectivity index (χ2n) is 4.11. The van der Waals surface area contributed by atoms with E-state index >= 15 is 0 Å². The molecule has 1 rings (SSSR count). The van der Waals surface area contributed by atoms with Gasteiger partial charge in [-0.1, -0.05) is 22.9 Å². The standard InChI is InChI=1S/C13H17NO3/c1-9-6-7-10(2)11(8-9)12(14-17)4-3-5-13(15)16/h6-8,17H,3-5H2,1-2H3,(H,15,16)/b14-12-. The van der Waals surface area contributed by atoms with E-state index in [1.54, 1.807) is 0 Å². The van der Waals surface area contributed by atoms with E-state index in [-0.39, 0.29) is 6.42 Å². The van der Waals surface area contributed by atoms with Gasteiger partial charge < -0.3 is 10.3 Å². The monoisotopic (exact) mass is 235 g/mol. The number of nitrogens with zero attached hydrogens (tertiary/aromatic N) is 1. The Morgan fingerprint density at radius 1 is 1.29 bits per heavy atom. The SMILES string of the molecule is Cc1ccc(C)c(/C(CCCC(=O)O)=N\O)c1. The lowest BCUT2D eigenvalue weighted by Crippen LogP contribution is -2.05. The number of oxime groups is 1. The minimum Gasteiger partial charge on any atom is -0.481 e. The average Bonchev–Trinajstić information content (AvgIpc) is 2.28. The summed E-state index contributed by atoms with van der Waals surface area (Å²) >= 11 is 0. The summed E-state index contributed by atoms with van der Waals surface area (Å²) in [7, 11) is 0. The second kappa shape index (κ2) is 6.03. The number of carboxylic acids is 1. The van der Waals surface area contributed by atoms with Crippen molar-refractivity contribution in [2.45, 2.75) is 33.1 Å². The molecule has 2 N–H and O–H groups in total. The van der Waals surface area contributed by atoms with Crippen molar-refractivity contribution in [2.24, 2.45) is 5.16 Å². The molecular formula is C13H17NO3. The van der Waals surface area contributed by atoms with E-state index in [1.165, 1.54) is 0 Å². The van der Waals surface area contributed by atoms with Crippen molar-refractivity contribution in [1.82, 2.24) is 0 Å². The molecule has 0 saturated heterocycles. The van der Waals surface area contributed by atoms with Crippen molar-refractivity contribution in [2.75, 3.05) is 0 Å². The van der Waals surface area contributed by atoms with Gasteiger partial charge in [0.25, 0.3) is 0 Å². The highest BCUT2D eigenvalue weighted by atomic mass is 16.4. The van der Waals surface area contributed by atoms with E-state index in [0.29, 0.717) is 18.6 Å². The van der Waals surface area contributed by atoms with Gasteiger partial charge in [-0.2, -0.15) is 0 Å². The Balaban J connectivity index is 2.80. The van der Waals surface area contributed by atoms with Crippen molar-refractivity contribution >= 4 is 11.7 Å². The molecule has 0 saturated carbocycles. The number of rotatable bonds is 5. The van der Waals surface area contributed by atoms with Crippen LogP contribution in [0.1, 0.15) is 36.0 Å². The number of hydrogen-bond donors (Lipinski definition) is 2. The summed E-state index contributed by atoms with van der Waals surface area (Å²) in [5.41, 5.74) is 3.55. The Morgan fingerprint density at radius 3 is 2.59 bits per heavy atom. The second-order valence-corrected chi connectivity index (χ2v) is 4.11. The highest BCUT2D eigenvalue weighted by molar-refractivity contribution is 6.01. The lowest BCUT2D eigenvalue weighted by atomic mass is 9.98. The van der Waals surface area contributed by atoms with Crippen molar-refractivity contribution in [3.05, 3.63) is 34.9 Å². The lowest BCUT2D eigenvalue weighted by Gasteiger charge is -2.08. The van der Waals surface area contributed by atoms with Crippen LogP contribution in [-0.2, 0) is 4.79 Å². The molecule has 0 aliphatic heterocycles. The smallest absolute Gasteiger partial charge is 0.303 e. The molecule has 0 aliphatic rings. The number of benzene rings is 1. The number of carbonyl (C=O) groups is 1. The first-order valence-corrected chi connectivity index (χ1v) is 5.55. The van der Waals surface area contributed by atoms with Crippen molar-refractivity contribution < 1.29 is 15.1 Å². The van der Waals surface area contributed by atoms with Crippen LogP contribution in [0.3, 0.4) is 0 Å². The maximum Gasteiger partial charge on any atom is 0.303 e. The summed E-state index contributed by atoms with van der Waals surface area (Å²) in [6, 6.07) is 5.91. The molecule has 0 atom stereocenters. The molecule has 0 bridgehead atoms. The van der Waals surface area contributed by atoms with Gasteiger partial charge >= 0.3 is 5.97 Å². The van der Waals surface area contributed by atoms with E-state index in [1.807, 2.05) is 32.0 Å². The quantitative estimate of drug-likeness (QED) is 0.468. The summed E-state index contributed by atoms with van der Waals surface area (Å²) < 4.78 is 0. The zero-order chi connectivity index (χ0) is 12.8. The average molecular weight is 235 g/mol. The maximum atomic E-state index is 10.4. The Bertz CT molecular complexity index is 438. The molecular weight excluding hydrogens is 218 g/mol. The topological polar surface area (TPSA) is 69.9 Å². The highest BCUT2D eigenvalue weighted by Gasteiger charge is 2.09. The fraction of sp³-hybridized carbons (Fsp3) is 0.385. The van der Waals surface area contributed by atoms with Crippen LogP contribution in [0.5, 0.6) is 0 Å². The minimum atomic E-state index is -0.830. The van der Waals surface area contributed by atoms with Crippen LogP contribution >= 0.6 is 0 Å². The number of aliphatic carboxylic acids is 1. The Hall–Kier alpha value is -1.84. The molecule has 92 valence electrons. The van der Waals surface area contributed by atoms with E-state index in [2.05, 4.69) is 5.16 Å². The molecule has 0 heterocycles. The van der Waals surface area contributed by atoms with Crippen LogP contribution in [0.25, 0.3) is 0 Å². The van der Waals surface area contributed by atoms with Gasteiger partial charge in [-0.05, 0) is 38.3 Å². The van der Waals surface area contributed by atoms with Crippen LogP contribution in [-0.4, -0.2) is 22.0 Å². The van der Waals surface area contributed by atoms with Gasteiger partial charge in [0.05, 0.1) is 5.71 Å². The van der Waals surface area contributed by atoms with E-state index in [4.69, 9.17) is 10.3 Å². The van der Waals surface area contributed by atoms with Gasteiger partial charge in [0, 0.05) is 12.0 Å². The lowest BCUT2D eigenvalue weighted by molar-refractivity contribution is -0.137. The number of carboxylic acid groups (broad SMARTS) is 1. The highest BCUT2D eigenvalue weighted by Crippen LogP contribution is 2.15. The van der Waals surface area contributed by atoms with Gasteiger partial charge in [-0.3, -0.25) is 4.79 Å². The molecule has 1 aromatic rings. The first-order valence-electron chi connectivity index (χ1n) is 5.55. The number of aryl methyl sites for hydroxylation is 2. The third-order valence-electron chi connectivity index (χ3n) is 2.63. The van der Waals surface area contributed by atoms with Gasteiger partial charge in [0.15, 0.2) is 0 Å². The molecule has 4 nitrogen and oxygen atoms in total. The first kappa shape index (κ1) is 13.2. The minimum absolute atomic E-state index is 0.0872. The maximum absolute atomic E-state index is 10.4. The zero-order valence-corrected chi connectivity index (χ0v) is 10.1. The molecule has 0 spiro atoms. The molecule has 0 aliphatic carbocycles. The molecule has 0 fully saturated rings. The van der Waals surface area contributed by atoms with E-state index in [0.717, 1.165) is 16.7 Å². The van der Waals surface area contributed by atoms with Gasteiger partial charge in [-0.15, -0.1) is 0 Å². The van der Waals surface area contributed by atoms with Crippen molar-refractivity contribution in [3.63, 3.8) is 0 Å². The molecule has 4 heteroatoms. The molecule has 17 heavy (non-hydrogen) atoms. The van der Waals surface area contributed by atoms with Crippen LogP contribution < -0.4 is 0 Å². The predicted octanol–water partition coefficient (Wildman–Crippen LogP) is 2.74. The summed E-state index contributed by atoms with van der Waals surface area (Å²) in [5, 5.41) is 20.8. The fourth-order valence-corrected chi connectivity index (χ4v) is 1.69. The zero-order valence-electron chi connectivity index (χ0n) is 10.1. The first-order chi connectivity index (χ1) is 8.04. The summed E-state index contributed by atoms with van der Waals surface area (Å²) in [6.07, 6.45) is 1.03. The molecule has 0 radical (unpaired) electrons. The van der Waals surface area contributed by atoms with Gasteiger partial charge in [0.1, 0.15) is 0 Å². The Morgan fingerprint density at radius 2 is 2.00 bits per heavy atom. The third-order valence-corrected chi connectivity index (χ3v) is 2.63. The van der Waals surface area contributed by atoms with Crippen molar-refractivity contribution in [3.8, 4) is 0 Å². The number of hydrogen-bond acceptors (Lipinski definition) is 3. The Kier molecular flexibility index (Phi) is 4.69. The van der Waals surface area contributed by atoms with Crippen LogP contribution in [0.2, 0.25) is 0 Å². The predicted molar refractivity (Wildman–Crippen MR) is 65.7 cm³/mol. The van der Waals surface area contributed by atoms with E-state index in [9.17, 15) is 4.79 Å². The largest absolute Gasteiger partial charge is 0.481 e. The van der Waals surface area contributed by atoms with E-state index < -0.39 is 5.97 Å². The fourth-order valence-electron chi connectivity index (χ4n) is 1.69. The van der Waals surface area contributed by atoms with Gasteiger partial charge in [0.2, 0.25) is 0 Å². The summed E-state index contributed by atoms with van der Waals surface area (Å²) in [5.74, 6) is -0.830. The molecule has 0 amide bonds. The van der Waals surface area contributed by atoms with Crippen molar-refractivity contribution in [1.29, 1.82) is 0 Å². The molecule has 0 aromatic heterocycles. The summed E-state index contributed by atoms with van der Waals surface area (Å²) in [6.45, 7) is 3.91. The third kappa shape index (κ3) is 3.90. The normalized spacial score (nSPS) is 11.5. The molecule has 1 aromatic carbocycles.